The Bertz CT molecular complexity index is 469. The Balaban J connectivity index is 1.50. The van der Waals surface area contributed by atoms with Crippen molar-refractivity contribution in [2.45, 2.75) is 56.8 Å². The third-order valence-electron chi connectivity index (χ3n) is 4.75. The van der Waals surface area contributed by atoms with E-state index >= 15 is 0 Å². The number of hydrogen-bond donors (Lipinski definition) is 4. The number of fused-ring (bicyclic) bond motifs is 1. The molecule has 1 aromatic rings. The highest BCUT2D eigenvalue weighted by Crippen LogP contribution is 2.25. The third kappa shape index (κ3) is 3.29. The summed E-state index contributed by atoms with van der Waals surface area (Å²) in [6, 6.07) is 0. The van der Waals surface area contributed by atoms with E-state index in [9.17, 15) is 10.2 Å². The second kappa shape index (κ2) is 6.44. The van der Waals surface area contributed by atoms with Crippen LogP contribution >= 0.6 is 0 Å². The molecule has 6 heteroatoms. The molecule has 1 unspecified atom stereocenters. The lowest BCUT2D eigenvalue weighted by molar-refractivity contribution is -0.130. The molecule has 4 N–H and O–H groups in total. The van der Waals surface area contributed by atoms with Gasteiger partial charge >= 0.3 is 0 Å². The molecular weight excluding hydrogens is 270 g/mol. The quantitative estimate of drug-likeness (QED) is 0.626. The second-order valence-electron chi connectivity index (χ2n) is 6.20. The lowest BCUT2D eigenvalue weighted by atomic mass is 9.88. The summed E-state index contributed by atoms with van der Waals surface area (Å²) in [5.74, 6) is 0. The van der Waals surface area contributed by atoms with Crippen molar-refractivity contribution in [1.82, 2.24) is 15.5 Å². The Morgan fingerprint density at radius 2 is 2.05 bits per heavy atom. The van der Waals surface area contributed by atoms with Crippen molar-refractivity contribution in [1.29, 1.82) is 0 Å². The molecule has 1 aliphatic heterocycles. The van der Waals surface area contributed by atoms with Gasteiger partial charge in [0.25, 0.3) is 0 Å². The summed E-state index contributed by atoms with van der Waals surface area (Å²) in [7, 11) is 0. The molecule has 0 saturated carbocycles. The highest BCUT2D eigenvalue weighted by Gasteiger charge is 2.37. The fraction of sp³-hybridized carbons (Fsp3) is 0.800. The van der Waals surface area contributed by atoms with Crippen LogP contribution in [0, 0.1) is 0 Å². The summed E-state index contributed by atoms with van der Waals surface area (Å²) >= 11 is 0. The standard InChI is InChI=1S/C15H25N3O3/c19-14(15(20)5-7-21-8-6-15)10-16-9-13-11-3-1-2-4-12(11)17-18-13/h14,16,19-20H,1-10H2,(H,17,18). The zero-order valence-corrected chi connectivity index (χ0v) is 12.4. The molecule has 0 radical (unpaired) electrons. The first-order valence-electron chi connectivity index (χ1n) is 7.93. The monoisotopic (exact) mass is 295 g/mol. The summed E-state index contributed by atoms with van der Waals surface area (Å²) in [6.45, 7) is 2.04. The topological polar surface area (TPSA) is 90.4 Å². The first-order chi connectivity index (χ1) is 10.2. The van der Waals surface area contributed by atoms with Crippen molar-refractivity contribution < 1.29 is 14.9 Å². The number of aliphatic hydroxyl groups is 2. The van der Waals surface area contributed by atoms with Crippen molar-refractivity contribution in [2.24, 2.45) is 0 Å². The van der Waals surface area contributed by atoms with Crippen LogP contribution in [-0.4, -0.2) is 51.9 Å². The number of nitrogens with zero attached hydrogens (tertiary/aromatic N) is 1. The first kappa shape index (κ1) is 15.0. The molecule has 6 nitrogen and oxygen atoms in total. The number of nitrogens with one attached hydrogen (secondary N) is 2. The fourth-order valence-corrected chi connectivity index (χ4v) is 3.27. The average Bonchev–Trinajstić information content (AvgIpc) is 2.91. The second-order valence-corrected chi connectivity index (χ2v) is 6.20. The minimum Gasteiger partial charge on any atom is -0.389 e. The van der Waals surface area contributed by atoms with E-state index in [0.29, 0.717) is 39.1 Å². The molecular formula is C15H25N3O3. The summed E-state index contributed by atoms with van der Waals surface area (Å²) in [4.78, 5) is 0. The minimum atomic E-state index is -1.02. The van der Waals surface area contributed by atoms with Crippen molar-refractivity contribution in [3.8, 4) is 0 Å². The minimum absolute atomic E-state index is 0.373. The summed E-state index contributed by atoms with van der Waals surface area (Å²) in [5, 5.41) is 31.3. The SMILES string of the molecule is OC(CNCc1n[nH]c2c1CCCC2)C1(O)CCOCC1. The van der Waals surface area contributed by atoms with Gasteiger partial charge in [-0.3, -0.25) is 5.10 Å². The Kier molecular flexibility index (Phi) is 4.59. The predicted octanol–water partition coefficient (Wildman–Crippen LogP) is 0.280. The van der Waals surface area contributed by atoms with Crippen LogP contribution in [0.25, 0.3) is 0 Å². The van der Waals surface area contributed by atoms with Crippen LogP contribution in [0.15, 0.2) is 0 Å². The van der Waals surface area contributed by atoms with Crippen molar-refractivity contribution >= 4 is 0 Å². The Morgan fingerprint density at radius 1 is 1.29 bits per heavy atom. The van der Waals surface area contributed by atoms with Gasteiger partial charge in [-0.15, -0.1) is 0 Å². The average molecular weight is 295 g/mol. The van der Waals surface area contributed by atoms with Crippen LogP contribution in [0.1, 0.15) is 42.6 Å². The fourth-order valence-electron chi connectivity index (χ4n) is 3.27. The zero-order valence-electron chi connectivity index (χ0n) is 12.4. The number of ether oxygens (including phenoxy) is 1. The molecule has 1 saturated heterocycles. The number of aromatic nitrogens is 2. The Hall–Kier alpha value is -0.950. The van der Waals surface area contributed by atoms with Gasteiger partial charge in [0.1, 0.15) is 0 Å². The molecule has 0 spiro atoms. The van der Waals surface area contributed by atoms with Crippen molar-refractivity contribution in [2.75, 3.05) is 19.8 Å². The maximum atomic E-state index is 10.4. The van der Waals surface area contributed by atoms with Gasteiger partial charge in [-0.25, -0.2) is 0 Å². The molecule has 0 aromatic carbocycles. The molecule has 0 amide bonds. The predicted molar refractivity (Wildman–Crippen MR) is 77.9 cm³/mol. The van der Waals surface area contributed by atoms with Crippen LogP contribution in [0.3, 0.4) is 0 Å². The number of H-pyrrole nitrogens is 1. The van der Waals surface area contributed by atoms with E-state index in [1.807, 2.05) is 0 Å². The molecule has 3 rings (SSSR count). The third-order valence-corrected chi connectivity index (χ3v) is 4.75. The molecule has 118 valence electrons. The molecule has 2 aliphatic rings. The lowest BCUT2D eigenvalue weighted by Gasteiger charge is -2.36. The molecule has 21 heavy (non-hydrogen) atoms. The summed E-state index contributed by atoms with van der Waals surface area (Å²) < 4.78 is 5.24. The van der Waals surface area contributed by atoms with E-state index in [1.54, 1.807) is 0 Å². The lowest BCUT2D eigenvalue weighted by Crippen LogP contribution is -2.50. The molecule has 1 aromatic heterocycles. The van der Waals surface area contributed by atoms with Gasteiger partial charge in [-0.2, -0.15) is 5.10 Å². The van der Waals surface area contributed by atoms with E-state index in [0.717, 1.165) is 18.5 Å². The van der Waals surface area contributed by atoms with Gasteiger partial charge in [0, 0.05) is 44.8 Å². The smallest absolute Gasteiger partial charge is 0.0961 e. The van der Waals surface area contributed by atoms with E-state index in [2.05, 4.69) is 15.5 Å². The van der Waals surface area contributed by atoms with E-state index < -0.39 is 11.7 Å². The van der Waals surface area contributed by atoms with Crippen LogP contribution < -0.4 is 5.32 Å². The van der Waals surface area contributed by atoms with Gasteiger partial charge in [0.15, 0.2) is 0 Å². The van der Waals surface area contributed by atoms with E-state index in [4.69, 9.17) is 4.74 Å². The molecule has 1 atom stereocenters. The van der Waals surface area contributed by atoms with Crippen molar-refractivity contribution in [3.63, 3.8) is 0 Å². The van der Waals surface area contributed by atoms with E-state index in [1.165, 1.54) is 24.1 Å². The number of aromatic amines is 1. The summed E-state index contributed by atoms with van der Waals surface area (Å²) in [5.41, 5.74) is 2.64. The molecule has 1 fully saturated rings. The maximum Gasteiger partial charge on any atom is 0.0961 e. The molecule has 2 heterocycles. The molecule has 1 aliphatic carbocycles. The Morgan fingerprint density at radius 3 is 2.86 bits per heavy atom. The van der Waals surface area contributed by atoms with Crippen molar-refractivity contribution in [3.05, 3.63) is 17.0 Å². The van der Waals surface area contributed by atoms with Crippen LogP contribution in [-0.2, 0) is 24.1 Å². The van der Waals surface area contributed by atoms with Gasteiger partial charge in [-0.05, 0) is 31.2 Å². The highest BCUT2D eigenvalue weighted by molar-refractivity contribution is 5.27. The van der Waals surface area contributed by atoms with Gasteiger partial charge in [0.05, 0.1) is 17.4 Å². The maximum absolute atomic E-state index is 10.4. The first-order valence-corrected chi connectivity index (χ1v) is 7.93. The number of rotatable bonds is 5. The normalized spacial score (nSPS) is 22.8. The molecule has 0 bridgehead atoms. The highest BCUT2D eigenvalue weighted by atomic mass is 16.5. The number of aliphatic hydroxyl groups excluding tert-OH is 1. The van der Waals surface area contributed by atoms with Crippen LogP contribution in [0.2, 0.25) is 0 Å². The van der Waals surface area contributed by atoms with E-state index in [-0.39, 0.29) is 0 Å². The Labute approximate surface area is 124 Å². The van der Waals surface area contributed by atoms with Gasteiger partial charge in [-0.1, -0.05) is 0 Å². The van der Waals surface area contributed by atoms with Gasteiger partial charge < -0.3 is 20.3 Å². The van der Waals surface area contributed by atoms with Gasteiger partial charge in [0.2, 0.25) is 0 Å². The summed E-state index contributed by atoms with van der Waals surface area (Å²) in [6.07, 6.45) is 4.85. The number of aryl methyl sites for hydroxylation is 1. The van der Waals surface area contributed by atoms with Crippen LogP contribution in [0.4, 0.5) is 0 Å². The zero-order chi connectivity index (χ0) is 14.7. The van der Waals surface area contributed by atoms with Crippen LogP contribution in [0.5, 0.6) is 0 Å². The largest absolute Gasteiger partial charge is 0.389 e. The number of hydrogen-bond acceptors (Lipinski definition) is 5.